The second kappa shape index (κ2) is 8.68. The Bertz CT molecular complexity index is 1350. The molecule has 0 bridgehead atoms. The van der Waals surface area contributed by atoms with Crippen LogP contribution in [0.4, 0.5) is 10.3 Å². The van der Waals surface area contributed by atoms with Gasteiger partial charge in [-0.15, -0.1) is 0 Å². The van der Waals surface area contributed by atoms with E-state index < -0.39 is 5.82 Å². The molecule has 1 saturated heterocycles. The summed E-state index contributed by atoms with van der Waals surface area (Å²) in [6.07, 6.45) is 2.57. The zero-order valence-electron chi connectivity index (χ0n) is 19.9. The van der Waals surface area contributed by atoms with Crippen LogP contribution in [0.1, 0.15) is 10.4 Å². The van der Waals surface area contributed by atoms with Crippen molar-refractivity contribution in [2.24, 2.45) is 18.9 Å². The normalized spacial score (nSPS) is 20.4. The van der Waals surface area contributed by atoms with Crippen molar-refractivity contribution in [3.8, 4) is 22.8 Å². The van der Waals surface area contributed by atoms with Crippen molar-refractivity contribution in [2.75, 3.05) is 39.3 Å². The van der Waals surface area contributed by atoms with Gasteiger partial charge in [-0.1, -0.05) is 0 Å². The van der Waals surface area contributed by atoms with E-state index in [2.05, 4.69) is 9.97 Å². The van der Waals surface area contributed by atoms with E-state index in [4.69, 9.17) is 9.47 Å². The highest BCUT2D eigenvalue weighted by Crippen LogP contribution is 2.49. The van der Waals surface area contributed by atoms with Crippen LogP contribution < -0.4 is 19.9 Å². The SMILES string of the molecule is COc1ccc(C(=O)N2C[C@@H]3[C@H](C2)[C@@H]3N(C)c2nc(-c3ccncc3F)cc(=O)n2C)c(OC)c1. The number of likely N-dealkylation sites (tertiary alicyclic amines) is 1. The molecule has 0 spiro atoms. The predicted molar refractivity (Wildman–Crippen MR) is 127 cm³/mol. The fraction of sp³-hybridized carbons (Fsp3) is 0.360. The smallest absolute Gasteiger partial charge is 0.257 e. The summed E-state index contributed by atoms with van der Waals surface area (Å²) in [5.41, 5.74) is 0.718. The Balaban J connectivity index is 1.33. The Labute approximate surface area is 201 Å². The van der Waals surface area contributed by atoms with Crippen molar-refractivity contribution >= 4 is 11.9 Å². The molecule has 0 N–H and O–H groups in total. The maximum atomic E-state index is 14.3. The Kier molecular flexibility index (Phi) is 5.66. The first-order valence-electron chi connectivity index (χ1n) is 11.3. The molecule has 1 amide bonds. The lowest BCUT2D eigenvalue weighted by atomic mass is 10.1. The van der Waals surface area contributed by atoms with Crippen molar-refractivity contribution in [3.05, 3.63) is 64.5 Å². The van der Waals surface area contributed by atoms with Crippen LogP contribution in [0.3, 0.4) is 0 Å². The summed E-state index contributed by atoms with van der Waals surface area (Å²) < 4.78 is 26.4. The lowest BCUT2D eigenvalue weighted by Gasteiger charge is -2.26. The van der Waals surface area contributed by atoms with Crippen molar-refractivity contribution < 1.29 is 18.7 Å². The number of hydrogen-bond acceptors (Lipinski definition) is 7. The van der Waals surface area contributed by atoms with Crippen molar-refractivity contribution in [2.45, 2.75) is 6.04 Å². The van der Waals surface area contributed by atoms with Gasteiger partial charge < -0.3 is 19.3 Å². The quantitative estimate of drug-likeness (QED) is 0.536. The van der Waals surface area contributed by atoms with Gasteiger partial charge in [0.15, 0.2) is 5.82 Å². The number of hydrogen-bond donors (Lipinski definition) is 0. The van der Waals surface area contributed by atoms with E-state index >= 15 is 0 Å². The van der Waals surface area contributed by atoms with E-state index in [-0.39, 0.29) is 40.6 Å². The first-order valence-corrected chi connectivity index (χ1v) is 11.3. The van der Waals surface area contributed by atoms with Gasteiger partial charge in [0.05, 0.1) is 31.7 Å². The lowest BCUT2D eigenvalue weighted by molar-refractivity contribution is 0.0769. The van der Waals surface area contributed by atoms with Gasteiger partial charge in [-0.2, -0.15) is 0 Å². The van der Waals surface area contributed by atoms with E-state index in [1.165, 1.54) is 30.0 Å². The molecule has 9 nitrogen and oxygen atoms in total. The molecule has 182 valence electrons. The number of halogens is 1. The summed E-state index contributed by atoms with van der Waals surface area (Å²) in [6, 6.07) is 8.12. The third-order valence-corrected chi connectivity index (χ3v) is 7.00. The molecule has 3 heterocycles. The standard InChI is InChI=1S/C25H26FN5O4/c1-29-22(32)10-20(15-7-8-27-11-19(15)26)28-25(29)30(2)23-17-12-31(13-18(17)23)24(33)16-6-5-14(34-3)9-21(16)35-4/h5-11,17-18,23H,12-13H2,1-4H3/t17-,18+,23-. The first-order chi connectivity index (χ1) is 16.8. The summed E-state index contributed by atoms with van der Waals surface area (Å²) in [4.78, 5) is 38.0. The van der Waals surface area contributed by atoms with E-state index in [1.807, 2.05) is 16.8 Å². The van der Waals surface area contributed by atoms with Gasteiger partial charge in [0, 0.05) is 69.0 Å². The molecule has 1 aromatic carbocycles. The summed E-state index contributed by atoms with van der Waals surface area (Å²) in [6.45, 7) is 1.20. The van der Waals surface area contributed by atoms with E-state index in [1.54, 1.807) is 32.4 Å². The molecule has 3 aromatic rings. The zero-order chi connectivity index (χ0) is 24.9. The largest absolute Gasteiger partial charge is 0.497 e. The fourth-order valence-corrected chi connectivity index (χ4v) is 5.08. The molecule has 1 aliphatic carbocycles. The summed E-state index contributed by atoms with van der Waals surface area (Å²) in [7, 11) is 6.63. The predicted octanol–water partition coefficient (Wildman–Crippen LogP) is 2.21. The number of anilines is 1. The molecule has 1 saturated carbocycles. The average molecular weight is 480 g/mol. The van der Waals surface area contributed by atoms with E-state index in [9.17, 15) is 14.0 Å². The number of aromatic nitrogens is 3. The molecular formula is C25H26FN5O4. The van der Waals surface area contributed by atoms with Gasteiger partial charge in [-0.05, 0) is 18.2 Å². The van der Waals surface area contributed by atoms with Crippen molar-refractivity contribution in [3.63, 3.8) is 0 Å². The molecule has 5 rings (SSSR count). The maximum Gasteiger partial charge on any atom is 0.257 e. The number of methoxy groups -OCH3 is 2. The highest BCUT2D eigenvalue weighted by molar-refractivity contribution is 5.97. The molecule has 0 unspecified atom stereocenters. The first kappa shape index (κ1) is 22.8. The maximum absolute atomic E-state index is 14.3. The Morgan fingerprint density at radius 3 is 2.54 bits per heavy atom. The van der Waals surface area contributed by atoms with E-state index in [0.717, 1.165) is 6.20 Å². The number of piperidine rings is 1. The van der Waals surface area contributed by atoms with Crippen LogP contribution in [0.25, 0.3) is 11.3 Å². The number of amides is 1. The van der Waals surface area contributed by atoms with Crippen LogP contribution in [-0.2, 0) is 7.05 Å². The summed E-state index contributed by atoms with van der Waals surface area (Å²) in [5.74, 6) is 1.45. The van der Waals surface area contributed by atoms with Gasteiger partial charge >= 0.3 is 0 Å². The number of carbonyl (C=O) groups is 1. The lowest BCUT2D eigenvalue weighted by Crippen LogP contribution is -2.38. The van der Waals surface area contributed by atoms with Gasteiger partial charge in [-0.3, -0.25) is 19.1 Å². The molecule has 2 aromatic heterocycles. The highest BCUT2D eigenvalue weighted by Gasteiger charge is 2.59. The Hall–Kier alpha value is -3.95. The molecule has 0 radical (unpaired) electrons. The van der Waals surface area contributed by atoms with Gasteiger partial charge in [-0.25, -0.2) is 9.37 Å². The minimum absolute atomic E-state index is 0.0845. The molecule has 10 heteroatoms. The third kappa shape index (κ3) is 3.88. The van der Waals surface area contributed by atoms with Crippen LogP contribution in [0.5, 0.6) is 11.5 Å². The number of pyridine rings is 1. The topological polar surface area (TPSA) is 89.8 Å². The second-order valence-corrected chi connectivity index (χ2v) is 8.90. The Morgan fingerprint density at radius 2 is 1.89 bits per heavy atom. The van der Waals surface area contributed by atoms with Crippen LogP contribution in [0.15, 0.2) is 47.5 Å². The van der Waals surface area contributed by atoms with Crippen molar-refractivity contribution in [1.29, 1.82) is 0 Å². The molecule has 2 fully saturated rings. The molecule has 35 heavy (non-hydrogen) atoms. The molecular weight excluding hydrogens is 453 g/mol. The van der Waals surface area contributed by atoms with Crippen molar-refractivity contribution in [1.82, 2.24) is 19.4 Å². The average Bonchev–Trinajstić information content (AvgIpc) is 3.37. The Morgan fingerprint density at radius 1 is 1.14 bits per heavy atom. The third-order valence-electron chi connectivity index (χ3n) is 7.00. The van der Waals surface area contributed by atoms with Gasteiger partial charge in [0.25, 0.3) is 11.5 Å². The monoisotopic (exact) mass is 479 g/mol. The second-order valence-electron chi connectivity index (χ2n) is 8.90. The van der Waals surface area contributed by atoms with Crippen LogP contribution >= 0.6 is 0 Å². The summed E-state index contributed by atoms with van der Waals surface area (Å²) in [5, 5.41) is 0. The van der Waals surface area contributed by atoms with Crippen LogP contribution in [-0.4, -0.2) is 65.7 Å². The van der Waals surface area contributed by atoms with Gasteiger partial charge in [0.1, 0.15) is 11.5 Å². The minimum Gasteiger partial charge on any atom is -0.497 e. The number of fused-ring (bicyclic) bond motifs is 1. The number of ether oxygens (including phenoxy) is 2. The fourth-order valence-electron chi connectivity index (χ4n) is 5.08. The minimum atomic E-state index is -0.534. The number of rotatable bonds is 6. The highest BCUT2D eigenvalue weighted by atomic mass is 19.1. The number of carbonyl (C=O) groups excluding carboxylic acids is 1. The molecule has 1 aliphatic heterocycles. The van der Waals surface area contributed by atoms with Crippen LogP contribution in [0.2, 0.25) is 0 Å². The molecule has 2 aliphatic rings. The van der Waals surface area contributed by atoms with E-state index in [0.29, 0.717) is 36.1 Å². The number of benzene rings is 1. The molecule has 3 atom stereocenters. The summed E-state index contributed by atoms with van der Waals surface area (Å²) >= 11 is 0. The number of nitrogens with zero attached hydrogens (tertiary/aromatic N) is 5. The van der Waals surface area contributed by atoms with Crippen LogP contribution in [0, 0.1) is 17.7 Å². The van der Waals surface area contributed by atoms with Gasteiger partial charge in [0.2, 0.25) is 5.95 Å². The zero-order valence-corrected chi connectivity index (χ0v) is 19.9.